The number of nitrogens with zero attached hydrogens (tertiary/aromatic N) is 1. The Morgan fingerprint density at radius 1 is 0.931 bits per heavy atom. The van der Waals surface area contributed by atoms with Crippen LogP contribution < -0.4 is 15.0 Å². The molecule has 3 rings (SSSR count). The highest BCUT2D eigenvalue weighted by Crippen LogP contribution is 2.26. The van der Waals surface area contributed by atoms with Gasteiger partial charge in [0.2, 0.25) is 5.70 Å². The fourth-order valence-corrected chi connectivity index (χ4v) is 4.00. The zero-order valence-corrected chi connectivity index (χ0v) is 18.9. The van der Waals surface area contributed by atoms with Crippen molar-refractivity contribution >= 4 is 50.3 Å². The third kappa shape index (κ3) is 4.74. The third-order valence-electron chi connectivity index (χ3n) is 4.76. The summed E-state index contributed by atoms with van der Waals surface area (Å²) < 4.78 is 2.52. The maximum Gasteiger partial charge on any atom is 0.238 e. The SMILES string of the molecule is CCc1cccc(CC)c1NC(=S)C(=C([O-])c1ccccc1Br)[n+]1ccccc1. The molecule has 0 spiro atoms. The van der Waals surface area contributed by atoms with Crippen LogP contribution in [0.1, 0.15) is 30.5 Å². The first-order chi connectivity index (χ1) is 14.1. The van der Waals surface area contributed by atoms with Crippen LogP contribution in [0.2, 0.25) is 0 Å². The van der Waals surface area contributed by atoms with Gasteiger partial charge in [0.15, 0.2) is 17.4 Å². The summed E-state index contributed by atoms with van der Waals surface area (Å²) in [6, 6.07) is 19.3. The quantitative estimate of drug-likeness (QED) is 0.240. The predicted octanol–water partition coefficient (Wildman–Crippen LogP) is 4.99. The predicted molar refractivity (Wildman–Crippen MR) is 125 cm³/mol. The van der Waals surface area contributed by atoms with E-state index >= 15 is 0 Å². The van der Waals surface area contributed by atoms with Crippen molar-refractivity contribution in [3.05, 3.63) is 94.2 Å². The van der Waals surface area contributed by atoms with Gasteiger partial charge in [-0.1, -0.05) is 84.5 Å². The van der Waals surface area contributed by atoms with Crippen LogP contribution in [-0.2, 0) is 12.8 Å². The second-order valence-electron chi connectivity index (χ2n) is 6.55. The molecule has 0 aliphatic heterocycles. The number of thiocarbonyl (C=S) groups is 1. The van der Waals surface area contributed by atoms with Crippen LogP contribution in [0.15, 0.2) is 77.5 Å². The lowest BCUT2D eigenvalue weighted by molar-refractivity contribution is -0.577. The number of hydrogen-bond donors (Lipinski definition) is 1. The molecule has 0 aliphatic carbocycles. The van der Waals surface area contributed by atoms with Gasteiger partial charge in [0.1, 0.15) is 0 Å². The Morgan fingerprint density at radius 3 is 2.14 bits per heavy atom. The lowest BCUT2D eigenvalue weighted by Crippen LogP contribution is -2.40. The van der Waals surface area contributed by atoms with Gasteiger partial charge in [0.25, 0.3) is 0 Å². The number of halogens is 1. The summed E-state index contributed by atoms with van der Waals surface area (Å²) in [7, 11) is 0. The fraction of sp³-hybridized carbons (Fsp3) is 0.167. The Hall–Kier alpha value is -2.50. The van der Waals surface area contributed by atoms with E-state index < -0.39 is 0 Å². The minimum absolute atomic E-state index is 0.141. The molecular weight excluding hydrogens is 444 g/mol. The van der Waals surface area contributed by atoms with Crippen molar-refractivity contribution in [2.45, 2.75) is 26.7 Å². The van der Waals surface area contributed by atoms with Gasteiger partial charge in [0.05, 0.1) is 0 Å². The second kappa shape index (κ2) is 9.81. The van der Waals surface area contributed by atoms with Gasteiger partial charge in [-0.25, -0.2) is 0 Å². The summed E-state index contributed by atoms with van der Waals surface area (Å²) in [6.07, 6.45) is 5.44. The van der Waals surface area contributed by atoms with Crippen molar-refractivity contribution < 1.29 is 9.67 Å². The number of para-hydroxylation sites is 1. The largest absolute Gasteiger partial charge is 0.867 e. The molecule has 0 aliphatic rings. The van der Waals surface area contributed by atoms with Crippen LogP contribution in [0.5, 0.6) is 0 Å². The molecule has 2 aromatic carbocycles. The molecule has 148 valence electrons. The van der Waals surface area contributed by atoms with Crippen molar-refractivity contribution in [1.29, 1.82) is 0 Å². The van der Waals surface area contributed by atoms with Crippen LogP contribution in [0, 0.1) is 0 Å². The number of nitrogens with one attached hydrogen (secondary N) is 1. The monoisotopic (exact) mass is 466 g/mol. The van der Waals surface area contributed by atoms with Crippen LogP contribution in [0.3, 0.4) is 0 Å². The number of anilines is 1. The van der Waals surface area contributed by atoms with Crippen molar-refractivity contribution in [2.75, 3.05) is 5.32 Å². The fourth-order valence-electron chi connectivity index (χ4n) is 3.23. The minimum atomic E-state index is -0.141. The Morgan fingerprint density at radius 2 is 1.55 bits per heavy atom. The molecule has 0 saturated heterocycles. The zero-order valence-electron chi connectivity index (χ0n) is 16.5. The van der Waals surface area contributed by atoms with Crippen molar-refractivity contribution in [2.24, 2.45) is 0 Å². The molecule has 3 nitrogen and oxygen atoms in total. The molecule has 3 aromatic rings. The topological polar surface area (TPSA) is 39.0 Å². The Balaban J connectivity index is 2.13. The third-order valence-corrected chi connectivity index (χ3v) is 5.75. The highest BCUT2D eigenvalue weighted by Gasteiger charge is 2.21. The van der Waals surface area contributed by atoms with Gasteiger partial charge in [-0.3, -0.25) is 0 Å². The van der Waals surface area contributed by atoms with Crippen molar-refractivity contribution in [3.8, 4) is 0 Å². The normalized spacial score (nSPS) is 11.7. The van der Waals surface area contributed by atoms with Crippen LogP contribution >= 0.6 is 28.1 Å². The van der Waals surface area contributed by atoms with E-state index in [0.717, 1.165) is 23.0 Å². The van der Waals surface area contributed by atoms with E-state index in [1.807, 2.05) is 48.8 Å². The Bertz CT molecular complexity index is 1030. The van der Waals surface area contributed by atoms with Crippen LogP contribution in [0.25, 0.3) is 11.5 Å². The van der Waals surface area contributed by atoms with Gasteiger partial charge >= 0.3 is 0 Å². The molecule has 1 heterocycles. The first kappa shape index (κ1) is 21.2. The molecular formula is C24H23BrN2OS. The van der Waals surface area contributed by atoms with Gasteiger partial charge in [0, 0.05) is 22.3 Å². The van der Waals surface area contributed by atoms with E-state index in [-0.39, 0.29) is 5.76 Å². The summed E-state index contributed by atoms with van der Waals surface area (Å²) >= 11 is 9.26. The molecule has 0 atom stereocenters. The van der Waals surface area contributed by atoms with Crippen molar-refractivity contribution in [3.63, 3.8) is 0 Å². The van der Waals surface area contributed by atoms with E-state index in [0.29, 0.717) is 16.2 Å². The highest BCUT2D eigenvalue weighted by molar-refractivity contribution is 9.10. The van der Waals surface area contributed by atoms with Crippen LogP contribution in [0.4, 0.5) is 5.69 Å². The molecule has 29 heavy (non-hydrogen) atoms. The zero-order chi connectivity index (χ0) is 20.8. The first-order valence-corrected chi connectivity index (χ1v) is 10.8. The minimum Gasteiger partial charge on any atom is -0.867 e. The number of aryl methyl sites for hydroxylation is 2. The molecule has 0 bridgehead atoms. The Labute approximate surface area is 185 Å². The molecule has 1 N–H and O–H groups in total. The summed E-state index contributed by atoms with van der Waals surface area (Å²) in [5, 5.41) is 16.9. The van der Waals surface area contributed by atoms with E-state index in [1.165, 1.54) is 11.1 Å². The number of hydrogen-bond acceptors (Lipinski definition) is 2. The lowest BCUT2D eigenvalue weighted by Gasteiger charge is -2.20. The number of benzene rings is 2. The van der Waals surface area contributed by atoms with Gasteiger partial charge in [-0.15, -0.1) is 0 Å². The molecule has 1 aromatic heterocycles. The maximum atomic E-state index is 13.5. The average Bonchev–Trinajstić information content (AvgIpc) is 2.75. The average molecular weight is 467 g/mol. The summed E-state index contributed by atoms with van der Waals surface area (Å²) in [5.74, 6) is -0.141. The van der Waals surface area contributed by atoms with E-state index in [1.54, 1.807) is 10.6 Å². The smallest absolute Gasteiger partial charge is 0.238 e. The summed E-state index contributed by atoms with van der Waals surface area (Å²) in [5.41, 5.74) is 4.34. The van der Waals surface area contributed by atoms with E-state index in [4.69, 9.17) is 12.2 Å². The number of pyridine rings is 1. The standard InChI is InChI=1S/C24H23BrN2OS/c1-3-17-11-10-12-18(4-2)21(17)26-24(29)22(27-15-8-5-9-16-27)23(28)19-13-6-7-14-20(19)25/h5-16H,3-4H2,1-2H3,(H-,26,28,29). The summed E-state index contributed by atoms with van der Waals surface area (Å²) in [4.78, 5) is 0.401. The van der Waals surface area contributed by atoms with Crippen molar-refractivity contribution in [1.82, 2.24) is 0 Å². The van der Waals surface area contributed by atoms with E-state index in [2.05, 4.69) is 53.3 Å². The first-order valence-electron chi connectivity index (χ1n) is 9.61. The Kier molecular flexibility index (Phi) is 7.18. The number of rotatable bonds is 6. The maximum absolute atomic E-state index is 13.5. The van der Waals surface area contributed by atoms with Gasteiger partial charge in [-0.2, -0.15) is 4.57 Å². The summed E-state index contributed by atoms with van der Waals surface area (Å²) in [6.45, 7) is 4.23. The lowest BCUT2D eigenvalue weighted by atomic mass is 10.0. The second-order valence-corrected chi connectivity index (χ2v) is 7.82. The number of aromatic nitrogens is 1. The highest BCUT2D eigenvalue weighted by atomic mass is 79.9. The molecule has 0 amide bonds. The van der Waals surface area contributed by atoms with Gasteiger partial charge < -0.3 is 10.4 Å². The van der Waals surface area contributed by atoms with E-state index in [9.17, 15) is 5.11 Å². The molecule has 0 radical (unpaired) electrons. The molecule has 0 fully saturated rings. The molecule has 0 saturated carbocycles. The molecule has 5 heteroatoms. The van der Waals surface area contributed by atoms with Crippen LogP contribution in [-0.4, -0.2) is 4.99 Å². The van der Waals surface area contributed by atoms with Gasteiger partial charge in [-0.05, 0) is 41.4 Å². The molecule has 0 unspecified atom stereocenters.